The first-order chi connectivity index (χ1) is 8.10. The van der Waals surface area contributed by atoms with E-state index in [1.165, 1.54) is 0 Å². The lowest BCUT2D eigenvalue weighted by atomic mass is 10.0. The maximum atomic E-state index is 11.0. The van der Waals surface area contributed by atoms with Crippen molar-refractivity contribution in [3.05, 3.63) is 0 Å². The Morgan fingerprint density at radius 2 is 1.88 bits per heavy atom. The van der Waals surface area contributed by atoms with Crippen LogP contribution in [0.1, 0.15) is 39.5 Å². The molecular weight excluding hydrogens is 228 g/mol. The molecule has 0 radical (unpaired) electrons. The number of hydrogen-bond donors (Lipinski definition) is 1. The van der Waals surface area contributed by atoms with Gasteiger partial charge in [-0.2, -0.15) is 0 Å². The lowest BCUT2D eigenvalue weighted by Gasteiger charge is -2.14. The second kappa shape index (κ2) is 9.74. The second-order valence-electron chi connectivity index (χ2n) is 3.65. The summed E-state index contributed by atoms with van der Waals surface area (Å²) in [5, 5.41) is 8.13. The number of carboxylic acid groups (broad SMARTS) is 1. The molecule has 17 heavy (non-hydrogen) atoms. The van der Waals surface area contributed by atoms with Crippen LogP contribution in [0.4, 0.5) is 9.59 Å². The summed E-state index contributed by atoms with van der Waals surface area (Å²) in [7, 11) is 0. The third-order valence-electron chi connectivity index (χ3n) is 2.34. The van der Waals surface area contributed by atoms with E-state index in [4.69, 9.17) is 9.84 Å². The van der Waals surface area contributed by atoms with Crippen LogP contribution >= 0.6 is 0 Å². The molecule has 0 rings (SSSR count). The largest absolute Gasteiger partial charge is 0.511 e. The minimum Gasteiger partial charge on any atom is -0.450 e. The fourth-order valence-corrected chi connectivity index (χ4v) is 1.25. The van der Waals surface area contributed by atoms with E-state index < -0.39 is 19.1 Å². The molecule has 0 aromatic heterocycles. The van der Waals surface area contributed by atoms with Gasteiger partial charge in [-0.25, -0.2) is 9.59 Å². The summed E-state index contributed by atoms with van der Waals surface area (Å²) in [5.41, 5.74) is 0. The molecule has 0 fully saturated rings. The van der Waals surface area contributed by atoms with Crippen molar-refractivity contribution >= 4 is 12.3 Å². The fourth-order valence-electron chi connectivity index (χ4n) is 1.25. The molecule has 0 saturated carbocycles. The third-order valence-corrected chi connectivity index (χ3v) is 2.34. The summed E-state index contributed by atoms with van der Waals surface area (Å²) < 4.78 is 13.2. The number of carbonyl (C=O) groups is 2. The summed E-state index contributed by atoms with van der Waals surface area (Å²) in [4.78, 5) is 21.0. The van der Waals surface area contributed by atoms with Gasteiger partial charge in [-0.15, -0.1) is 0 Å². The molecule has 100 valence electrons. The number of rotatable bonds is 8. The Hall–Kier alpha value is -1.46. The Kier molecular flexibility index (Phi) is 8.91. The number of hydrogen-bond acceptors (Lipinski definition) is 5. The Morgan fingerprint density at radius 1 is 1.18 bits per heavy atom. The summed E-state index contributed by atoms with van der Waals surface area (Å²) in [6.45, 7) is 3.79. The van der Waals surface area contributed by atoms with Gasteiger partial charge in [0.25, 0.3) is 0 Å². The molecule has 0 bridgehead atoms. The van der Waals surface area contributed by atoms with Crippen molar-refractivity contribution in [2.45, 2.75) is 39.5 Å². The van der Waals surface area contributed by atoms with E-state index in [-0.39, 0.29) is 0 Å². The molecule has 1 unspecified atom stereocenters. The summed E-state index contributed by atoms with van der Waals surface area (Å²) in [6, 6.07) is 0. The molecule has 6 nitrogen and oxygen atoms in total. The molecule has 0 aliphatic heterocycles. The molecule has 0 aliphatic rings. The fraction of sp³-hybridized carbons (Fsp3) is 0.818. The van der Waals surface area contributed by atoms with Gasteiger partial charge in [-0.1, -0.05) is 33.1 Å². The lowest BCUT2D eigenvalue weighted by Crippen LogP contribution is -2.17. The van der Waals surface area contributed by atoms with Crippen LogP contribution in [-0.4, -0.2) is 30.8 Å². The van der Waals surface area contributed by atoms with Gasteiger partial charge in [0.15, 0.2) is 0 Å². The van der Waals surface area contributed by atoms with Crippen LogP contribution in [0.2, 0.25) is 0 Å². The molecule has 0 spiro atoms. The maximum Gasteiger partial charge on any atom is 0.511 e. The van der Waals surface area contributed by atoms with Crippen LogP contribution < -0.4 is 0 Å². The Balaban J connectivity index is 3.62. The van der Waals surface area contributed by atoms with Gasteiger partial charge in [0, 0.05) is 0 Å². The van der Waals surface area contributed by atoms with E-state index in [9.17, 15) is 9.59 Å². The van der Waals surface area contributed by atoms with Crippen LogP contribution in [0, 0.1) is 5.92 Å². The third kappa shape index (κ3) is 9.47. The number of ether oxygens (including phenoxy) is 3. The summed E-state index contributed by atoms with van der Waals surface area (Å²) in [6.07, 6.45) is 1.74. The van der Waals surface area contributed by atoms with Crippen molar-refractivity contribution in [1.29, 1.82) is 0 Å². The van der Waals surface area contributed by atoms with Gasteiger partial charge < -0.3 is 19.3 Å². The average molecular weight is 248 g/mol. The normalized spacial score (nSPS) is 11.6. The second-order valence-corrected chi connectivity index (χ2v) is 3.65. The molecule has 0 aromatic carbocycles. The molecule has 1 atom stereocenters. The standard InChI is InChI=1S/C11H20O6/c1-3-5-6-9(4-2)7-15-11(14)17-8-16-10(12)13/h9H,3-8H2,1-2H3,(H,12,13). The average Bonchev–Trinajstić information content (AvgIpc) is 2.29. The molecular formula is C11H20O6. The van der Waals surface area contributed by atoms with Gasteiger partial charge in [-0.3, -0.25) is 0 Å². The van der Waals surface area contributed by atoms with Crippen LogP contribution in [0.15, 0.2) is 0 Å². The van der Waals surface area contributed by atoms with Crippen LogP contribution in [0.25, 0.3) is 0 Å². The van der Waals surface area contributed by atoms with E-state index in [1.54, 1.807) is 0 Å². The molecule has 1 N–H and O–H groups in total. The highest BCUT2D eigenvalue weighted by Gasteiger charge is 2.11. The van der Waals surface area contributed by atoms with Gasteiger partial charge in [0.1, 0.15) is 0 Å². The Bertz CT molecular complexity index is 228. The smallest absolute Gasteiger partial charge is 0.450 e. The zero-order valence-electron chi connectivity index (χ0n) is 10.3. The van der Waals surface area contributed by atoms with E-state index in [0.717, 1.165) is 25.7 Å². The maximum absolute atomic E-state index is 11.0. The summed E-state index contributed by atoms with van der Waals surface area (Å²) >= 11 is 0. The summed E-state index contributed by atoms with van der Waals surface area (Å²) in [5.74, 6) is 0.322. The van der Waals surface area contributed by atoms with Gasteiger partial charge in [0.05, 0.1) is 6.61 Å². The van der Waals surface area contributed by atoms with Crippen molar-refractivity contribution in [3.8, 4) is 0 Å². The minimum absolute atomic E-state index is 0.294. The zero-order valence-corrected chi connectivity index (χ0v) is 10.3. The van der Waals surface area contributed by atoms with E-state index in [2.05, 4.69) is 16.4 Å². The van der Waals surface area contributed by atoms with Crippen LogP contribution in [0.5, 0.6) is 0 Å². The zero-order chi connectivity index (χ0) is 13.1. The van der Waals surface area contributed by atoms with Crippen molar-refractivity contribution in [2.75, 3.05) is 13.4 Å². The van der Waals surface area contributed by atoms with Crippen LogP contribution in [0.3, 0.4) is 0 Å². The quantitative estimate of drug-likeness (QED) is 0.525. The first-order valence-electron chi connectivity index (χ1n) is 5.75. The van der Waals surface area contributed by atoms with Crippen molar-refractivity contribution < 1.29 is 28.9 Å². The van der Waals surface area contributed by atoms with E-state index >= 15 is 0 Å². The SMILES string of the molecule is CCCCC(CC)COC(=O)OCOC(=O)O. The number of carbonyl (C=O) groups excluding carboxylic acids is 1. The first-order valence-corrected chi connectivity index (χ1v) is 5.75. The molecule has 6 heteroatoms. The van der Waals surface area contributed by atoms with Gasteiger partial charge in [-0.05, 0) is 12.3 Å². The predicted octanol–water partition coefficient (Wildman–Crippen LogP) is 3.01. The predicted molar refractivity (Wildman–Crippen MR) is 59.7 cm³/mol. The number of unbranched alkanes of at least 4 members (excludes halogenated alkanes) is 1. The molecule has 0 saturated heterocycles. The molecule has 0 heterocycles. The Labute approximate surface area is 101 Å². The van der Waals surface area contributed by atoms with Crippen molar-refractivity contribution in [1.82, 2.24) is 0 Å². The van der Waals surface area contributed by atoms with Crippen molar-refractivity contribution in [2.24, 2.45) is 5.92 Å². The van der Waals surface area contributed by atoms with Crippen LogP contribution in [-0.2, 0) is 14.2 Å². The van der Waals surface area contributed by atoms with Gasteiger partial charge in [0.2, 0.25) is 6.79 Å². The first kappa shape index (κ1) is 15.5. The van der Waals surface area contributed by atoms with E-state index in [0.29, 0.717) is 12.5 Å². The highest BCUT2D eigenvalue weighted by molar-refractivity contribution is 5.60. The monoisotopic (exact) mass is 248 g/mol. The highest BCUT2D eigenvalue weighted by Crippen LogP contribution is 2.13. The van der Waals surface area contributed by atoms with Crippen molar-refractivity contribution in [3.63, 3.8) is 0 Å². The lowest BCUT2D eigenvalue weighted by molar-refractivity contribution is -0.0324. The Morgan fingerprint density at radius 3 is 2.41 bits per heavy atom. The minimum atomic E-state index is -1.49. The molecule has 0 aromatic rings. The van der Waals surface area contributed by atoms with Gasteiger partial charge >= 0.3 is 12.3 Å². The van der Waals surface area contributed by atoms with E-state index in [1.807, 2.05) is 6.92 Å². The highest BCUT2D eigenvalue weighted by atomic mass is 16.8. The molecule has 0 amide bonds. The molecule has 0 aliphatic carbocycles. The topological polar surface area (TPSA) is 82.1 Å².